The van der Waals surface area contributed by atoms with Crippen molar-refractivity contribution < 1.29 is 5.11 Å². The molecule has 0 bridgehead atoms. The number of nitrogens with one attached hydrogen (secondary N) is 1. The Balaban J connectivity index is 2.26. The van der Waals surface area contributed by atoms with Crippen molar-refractivity contribution in [1.82, 2.24) is 5.32 Å². The highest BCUT2D eigenvalue weighted by molar-refractivity contribution is 4.83. The SMILES string of the molecule is C[C@H](O)CNC1CCCC(C)(C)C1. The molecule has 1 fully saturated rings. The average molecular weight is 185 g/mol. The summed E-state index contributed by atoms with van der Waals surface area (Å²) in [7, 11) is 0. The molecule has 2 heteroatoms. The van der Waals surface area contributed by atoms with Crippen molar-refractivity contribution in [3.8, 4) is 0 Å². The van der Waals surface area contributed by atoms with Crippen molar-refractivity contribution in [1.29, 1.82) is 0 Å². The highest BCUT2D eigenvalue weighted by atomic mass is 16.3. The monoisotopic (exact) mass is 185 g/mol. The van der Waals surface area contributed by atoms with E-state index in [1.54, 1.807) is 0 Å². The fourth-order valence-electron chi connectivity index (χ4n) is 2.21. The largest absolute Gasteiger partial charge is 0.392 e. The Morgan fingerprint density at radius 2 is 2.23 bits per heavy atom. The highest BCUT2D eigenvalue weighted by Crippen LogP contribution is 2.34. The fourth-order valence-corrected chi connectivity index (χ4v) is 2.21. The van der Waals surface area contributed by atoms with E-state index in [9.17, 15) is 0 Å². The van der Waals surface area contributed by atoms with Crippen LogP contribution in [0.2, 0.25) is 0 Å². The number of hydrogen-bond acceptors (Lipinski definition) is 2. The van der Waals surface area contributed by atoms with Crippen molar-refractivity contribution >= 4 is 0 Å². The Bertz CT molecular complexity index is 154. The number of rotatable bonds is 3. The first-order valence-electron chi connectivity index (χ1n) is 5.41. The van der Waals surface area contributed by atoms with Crippen LogP contribution in [-0.2, 0) is 0 Å². The fraction of sp³-hybridized carbons (Fsp3) is 1.00. The quantitative estimate of drug-likeness (QED) is 0.704. The maximum Gasteiger partial charge on any atom is 0.0636 e. The Kier molecular flexibility index (Phi) is 3.74. The average Bonchev–Trinajstić information content (AvgIpc) is 1.99. The van der Waals surface area contributed by atoms with Gasteiger partial charge in [0, 0.05) is 12.6 Å². The van der Waals surface area contributed by atoms with Crippen molar-refractivity contribution in [2.45, 2.75) is 58.6 Å². The number of aliphatic hydroxyl groups is 1. The number of aliphatic hydroxyl groups excluding tert-OH is 1. The molecule has 1 saturated carbocycles. The first-order valence-corrected chi connectivity index (χ1v) is 5.41. The summed E-state index contributed by atoms with van der Waals surface area (Å²) in [6.45, 7) is 7.24. The van der Waals surface area contributed by atoms with Gasteiger partial charge < -0.3 is 10.4 Å². The van der Waals surface area contributed by atoms with Gasteiger partial charge in [0.25, 0.3) is 0 Å². The van der Waals surface area contributed by atoms with Gasteiger partial charge >= 0.3 is 0 Å². The summed E-state index contributed by atoms with van der Waals surface area (Å²) in [6, 6.07) is 0.623. The molecule has 0 heterocycles. The van der Waals surface area contributed by atoms with Gasteiger partial charge in [-0.15, -0.1) is 0 Å². The van der Waals surface area contributed by atoms with Gasteiger partial charge in [-0.25, -0.2) is 0 Å². The zero-order valence-electron chi connectivity index (χ0n) is 9.14. The van der Waals surface area contributed by atoms with Crippen molar-refractivity contribution in [2.75, 3.05) is 6.54 Å². The van der Waals surface area contributed by atoms with Crippen molar-refractivity contribution in [2.24, 2.45) is 5.41 Å². The molecule has 0 aromatic carbocycles. The second kappa shape index (κ2) is 4.43. The molecule has 0 aromatic heterocycles. The molecule has 0 aliphatic heterocycles. The predicted octanol–water partition coefficient (Wildman–Crippen LogP) is 1.93. The third kappa shape index (κ3) is 4.10. The van der Waals surface area contributed by atoms with Gasteiger partial charge in [0.2, 0.25) is 0 Å². The van der Waals surface area contributed by atoms with Crippen LogP contribution in [0.1, 0.15) is 46.5 Å². The van der Waals surface area contributed by atoms with Crippen LogP contribution < -0.4 is 5.32 Å². The first kappa shape index (κ1) is 11.0. The van der Waals surface area contributed by atoms with Gasteiger partial charge in [-0.05, 0) is 31.6 Å². The van der Waals surface area contributed by atoms with Crippen LogP contribution in [0.4, 0.5) is 0 Å². The minimum absolute atomic E-state index is 0.218. The van der Waals surface area contributed by atoms with Crippen LogP contribution in [0.15, 0.2) is 0 Å². The minimum atomic E-state index is -0.218. The molecule has 0 amide bonds. The van der Waals surface area contributed by atoms with Crippen LogP contribution in [-0.4, -0.2) is 23.8 Å². The minimum Gasteiger partial charge on any atom is -0.392 e. The van der Waals surface area contributed by atoms with E-state index in [-0.39, 0.29) is 6.10 Å². The molecule has 2 atom stereocenters. The summed E-state index contributed by atoms with van der Waals surface area (Å²) in [5.41, 5.74) is 0.495. The van der Waals surface area contributed by atoms with Gasteiger partial charge in [0.1, 0.15) is 0 Å². The molecule has 0 radical (unpaired) electrons. The van der Waals surface area contributed by atoms with E-state index in [0.29, 0.717) is 11.5 Å². The standard InChI is InChI=1S/C11H23NO/c1-9(13)8-12-10-5-4-6-11(2,3)7-10/h9-10,12-13H,4-8H2,1-3H3/t9-,10?/m0/s1. The molecule has 13 heavy (non-hydrogen) atoms. The van der Waals surface area contributed by atoms with Crippen LogP contribution >= 0.6 is 0 Å². The van der Waals surface area contributed by atoms with Crippen LogP contribution in [0.25, 0.3) is 0 Å². The first-order chi connectivity index (χ1) is 5.99. The molecule has 1 unspecified atom stereocenters. The van der Waals surface area contributed by atoms with Crippen LogP contribution in [0.3, 0.4) is 0 Å². The molecule has 1 rings (SSSR count). The Morgan fingerprint density at radius 3 is 2.77 bits per heavy atom. The zero-order valence-corrected chi connectivity index (χ0v) is 9.14. The molecule has 2 nitrogen and oxygen atoms in total. The summed E-state index contributed by atoms with van der Waals surface area (Å²) >= 11 is 0. The molecule has 1 aliphatic carbocycles. The summed E-state index contributed by atoms with van der Waals surface area (Å²) in [4.78, 5) is 0. The van der Waals surface area contributed by atoms with E-state index in [0.717, 1.165) is 6.54 Å². The van der Waals surface area contributed by atoms with E-state index in [1.165, 1.54) is 25.7 Å². The Labute approximate surface area is 81.7 Å². The molecule has 1 aliphatic rings. The summed E-state index contributed by atoms with van der Waals surface area (Å²) in [5.74, 6) is 0. The molecular formula is C11H23NO. The van der Waals surface area contributed by atoms with E-state index in [2.05, 4.69) is 19.2 Å². The van der Waals surface area contributed by atoms with E-state index in [1.807, 2.05) is 6.92 Å². The normalized spacial score (nSPS) is 30.0. The maximum atomic E-state index is 9.15. The topological polar surface area (TPSA) is 32.3 Å². The summed E-state index contributed by atoms with van der Waals surface area (Å²) < 4.78 is 0. The lowest BCUT2D eigenvalue weighted by Crippen LogP contribution is -2.40. The number of hydrogen-bond donors (Lipinski definition) is 2. The lowest BCUT2D eigenvalue weighted by atomic mass is 9.75. The van der Waals surface area contributed by atoms with Crippen LogP contribution in [0, 0.1) is 5.41 Å². The predicted molar refractivity (Wildman–Crippen MR) is 55.7 cm³/mol. The Morgan fingerprint density at radius 1 is 1.54 bits per heavy atom. The second-order valence-electron chi connectivity index (χ2n) is 5.21. The third-order valence-corrected chi connectivity index (χ3v) is 2.91. The molecule has 78 valence electrons. The van der Waals surface area contributed by atoms with E-state index < -0.39 is 0 Å². The smallest absolute Gasteiger partial charge is 0.0636 e. The van der Waals surface area contributed by atoms with Crippen LogP contribution in [0.5, 0.6) is 0 Å². The molecule has 0 saturated heterocycles. The van der Waals surface area contributed by atoms with Gasteiger partial charge in [-0.2, -0.15) is 0 Å². The second-order valence-corrected chi connectivity index (χ2v) is 5.21. The molecule has 2 N–H and O–H groups in total. The van der Waals surface area contributed by atoms with Gasteiger partial charge in [-0.1, -0.05) is 20.3 Å². The van der Waals surface area contributed by atoms with Crippen molar-refractivity contribution in [3.05, 3.63) is 0 Å². The zero-order chi connectivity index (χ0) is 9.90. The van der Waals surface area contributed by atoms with Gasteiger partial charge in [-0.3, -0.25) is 0 Å². The maximum absolute atomic E-state index is 9.15. The molecule has 0 spiro atoms. The molecule has 0 aromatic rings. The van der Waals surface area contributed by atoms with E-state index >= 15 is 0 Å². The van der Waals surface area contributed by atoms with E-state index in [4.69, 9.17) is 5.11 Å². The summed E-state index contributed by atoms with van der Waals surface area (Å²) in [6.07, 6.45) is 4.98. The summed E-state index contributed by atoms with van der Waals surface area (Å²) in [5, 5.41) is 12.6. The van der Waals surface area contributed by atoms with Gasteiger partial charge in [0.15, 0.2) is 0 Å². The third-order valence-electron chi connectivity index (χ3n) is 2.91. The lowest BCUT2D eigenvalue weighted by Gasteiger charge is -2.35. The Hall–Kier alpha value is -0.0800. The highest BCUT2D eigenvalue weighted by Gasteiger charge is 2.27. The van der Waals surface area contributed by atoms with Gasteiger partial charge in [0.05, 0.1) is 6.10 Å². The van der Waals surface area contributed by atoms with Crippen molar-refractivity contribution in [3.63, 3.8) is 0 Å². The lowest BCUT2D eigenvalue weighted by molar-refractivity contribution is 0.157. The molecular weight excluding hydrogens is 162 g/mol.